The Morgan fingerprint density at radius 1 is 1.05 bits per heavy atom. The van der Waals surface area contributed by atoms with Gasteiger partial charge in [0, 0.05) is 26.7 Å². The number of likely N-dealkylation sites (N-methyl/N-ethyl adjacent to an activating group) is 1. The zero-order chi connectivity index (χ0) is 15.2. The van der Waals surface area contributed by atoms with Crippen molar-refractivity contribution in [2.75, 3.05) is 12.8 Å². The Bertz CT molecular complexity index is 604. The van der Waals surface area contributed by atoms with Crippen LogP contribution in [0.4, 0.5) is 0 Å². The molecule has 112 valence electrons. The standard InChI is InChI=1S/C16H16Cl3NS/c1-20-13(8-11-6-7-12(17)9-15(11)19)10-21-16-5-3-2-4-14(16)18/h2-7,9,13,20H,8,10H2,1H3. The van der Waals surface area contributed by atoms with Gasteiger partial charge < -0.3 is 5.32 Å². The van der Waals surface area contributed by atoms with E-state index in [0.29, 0.717) is 16.1 Å². The van der Waals surface area contributed by atoms with Gasteiger partial charge in [-0.3, -0.25) is 0 Å². The van der Waals surface area contributed by atoms with Gasteiger partial charge in [-0.05, 0) is 43.3 Å². The summed E-state index contributed by atoms with van der Waals surface area (Å²) in [5.74, 6) is 0.916. The molecule has 0 fully saturated rings. The van der Waals surface area contributed by atoms with Gasteiger partial charge in [0.2, 0.25) is 0 Å². The number of halogens is 3. The summed E-state index contributed by atoms with van der Waals surface area (Å²) in [4.78, 5) is 1.10. The van der Waals surface area contributed by atoms with Crippen LogP contribution in [-0.4, -0.2) is 18.8 Å². The molecule has 1 atom stereocenters. The maximum atomic E-state index is 6.23. The summed E-state index contributed by atoms with van der Waals surface area (Å²) >= 11 is 20.1. The molecular formula is C16H16Cl3NS. The molecule has 1 nitrogen and oxygen atoms in total. The van der Waals surface area contributed by atoms with Gasteiger partial charge in [-0.2, -0.15) is 0 Å². The zero-order valence-electron chi connectivity index (χ0n) is 11.6. The van der Waals surface area contributed by atoms with Gasteiger partial charge in [0.25, 0.3) is 0 Å². The molecule has 0 bridgehead atoms. The number of hydrogen-bond acceptors (Lipinski definition) is 2. The van der Waals surface area contributed by atoms with Gasteiger partial charge in [0.15, 0.2) is 0 Å². The van der Waals surface area contributed by atoms with Crippen molar-refractivity contribution in [3.63, 3.8) is 0 Å². The molecule has 0 spiro atoms. The van der Waals surface area contributed by atoms with Crippen LogP contribution in [0.5, 0.6) is 0 Å². The average Bonchev–Trinajstić information content (AvgIpc) is 2.47. The third-order valence-electron chi connectivity index (χ3n) is 3.17. The predicted octanol–water partition coefficient (Wildman–Crippen LogP) is 5.57. The monoisotopic (exact) mass is 359 g/mol. The molecular weight excluding hydrogens is 345 g/mol. The highest BCUT2D eigenvalue weighted by molar-refractivity contribution is 7.99. The lowest BCUT2D eigenvalue weighted by atomic mass is 10.1. The van der Waals surface area contributed by atoms with E-state index in [4.69, 9.17) is 34.8 Å². The van der Waals surface area contributed by atoms with Crippen molar-refractivity contribution in [3.8, 4) is 0 Å². The Balaban J connectivity index is 1.99. The van der Waals surface area contributed by atoms with E-state index in [1.165, 1.54) is 0 Å². The molecule has 0 aromatic heterocycles. The molecule has 0 radical (unpaired) electrons. The second kappa shape index (κ2) is 8.30. The van der Waals surface area contributed by atoms with E-state index < -0.39 is 0 Å². The van der Waals surface area contributed by atoms with Gasteiger partial charge in [0.1, 0.15) is 0 Å². The zero-order valence-corrected chi connectivity index (χ0v) is 14.7. The number of rotatable bonds is 6. The van der Waals surface area contributed by atoms with Crippen molar-refractivity contribution in [2.45, 2.75) is 17.4 Å². The molecule has 0 aliphatic rings. The maximum absolute atomic E-state index is 6.23. The van der Waals surface area contributed by atoms with Crippen molar-refractivity contribution in [3.05, 3.63) is 63.1 Å². The van der Waals surface area contributed by atoms with Crippen molar-refractivity contribution in [1.29, 1.82) is 0 Å². The van der Waals surface area contributed by atoms with Crippen LogP contribution in [0.3, 0.4) is 0 Å². The van der Waals surface area contributed by atoms with Crippen LogP contribution in [0.25, 0.3) is 0 Å². The van der Waals surface area contributed by atoms with Crippen molar-refractivity contribution in [1.82, 2.24) is 5.32 Å². The first-order valence-corrected chi connectivity index (χ1v) is 8.70. The molecule has 2 aromatic carbocycles. The van der Waals surface area contributed by atoms with Crippen LogP contribution >= 0.6 is 46.6 Å². The second-order valence-electron chi connectivity index (χ2n) is 4.67. The van der Waals surface area contributed by atoms with E-state index in [2.05, 4.69) is 5.32 Å². The number of benzene rings is 2. The highest BCUT2D eigenvalue weighted by atomic mass is 35.5. The fraction of sp³-hybridized carbons (Fsp3) is 0.250. The van der Waals surface area contributed by atoms with Crippen LogP contribution in [0.2, 0.25) is 15.1 Å². The van der Waals surface area contributed by atoms with E-state index in [-0.39, 0.29) is 0 Å². The Morgan fingerprint density at radius 3 is 2.48 bits per heavy atom. The molecule has 0 saturated carbocycles. The fourth-order valence-corrected chi connectivity index (χ4v) is 3.78. The van der Waals surface area contributed by atoms with E-state index in [0.717, 1.165) is 27.7 Å². The first-order valence-electron chi connectivity index (χ1n) is 6.58. The Hall–Kier alpha value is -0.380. The smallest absolute Gasteiger partial charge is 0.0541 e. The lowest BCUT2D eigenvalue weighted by molar-refractivity contribution is 0.617. The summed E-state index contributed by atoms with van der Waals surface area (Å²) in [7, 11) is 1.96. The number of hydrogen-bond donors (Lipinski definition) is 1. The topological polar surface area (TPSA) is 12.0 Å². The maximum Gasteiger partial charge on any atom is 0.0541 e. The molecule has 5 heteroatoms. The number of nitrogens with one attached hydrogen (secondary N) is 1. The van der Waals surface area contributed by atoms with Crippen LogP contribution in [-0.2, 0) is 6.42 Å². The van der Waals surface area contributed by atoms with Crippen LogP contribution in [0.15, 0.2) is 47.4 Å². The molecule has 0 aliphatic heterocycles. The predicted molar refractivity (Wildman–Crippen MR) is 95.2 cm³/mol. The minimum Gasteiger partial charge on any atom is -0.316 e. The lowest BCUT2D eigenvalue weighted by Gasteiger charge is -2.17. The summed E-state index contributed by atoms with van der Waals surface area (Å²) in [5.41, 5.74) is 1.10. The molecule has 2 aromatic rings. The lowest BCUT2D eigenvalue weighted by Crippen LogP contribution is -2.30. The normalized spacial score (nSPS) is 12.4. The summed E-state index contributed by atoms with van der Waals surface area (Å²) in [6, 6.07) is 13.8. The van der Waals surface area contributed by atoms with Gasteiger partial charge in [-0.1, -0.05) is 53.0 Å². The van der Waals surface area contributed by atoms with Crippen LogP contribution < -0.4 is 5.32 Å². The third kappa shape index (κ3) is 5.08. The SMILES string of the molecule is CNC(CSc1ccccc1Cl)Cc1ccc(Cl)cc1Cl. The molecule has 0 heterocycles. The molecule has 0 aliphatic carbocycles. The summed E-state index contributed by atoms with van der Waals surface area (Å²) in [6.07, 6.45) is 0.851. The van der Waals surface area contributed by atoms with Crippen LogP contribution in [0.1, 0.15) is 5.56 Å². The van der Waals surface area contributed by atoms with Crippen molar-refractivity contribution >= 4 is 46.6 Å². The van der Waals surface area contributed by atoms with Gasteiger partial charge in [-0.15, -0.1) is 11.8 Å². The summed E-state index contributed by atoms with van der Waals surface area (Å²) in [6.45, 7) is 0. The quantitative estimate of drug-likeness (QED) is 0.676. The highest BCUT2D eigenvalue weighted by Crippen LogP contribution is 2.28. The van der Waals surface area contributed by atoms with E-state index in [9.17, 15) is 0 Å². The Labute approximate surface area is 145 Å². The first kappa shape index (κ1) is 17.0. The third-order valence-corrected chi connectivity index (χ3v) is 5.43. The average molecular weight is 361 g/mol. The van der Waals surface area contributed by atoms with Crippen molar-refractivity contribution in [2.24, 2.45) is 0 Å². The largest absolute Gasteiger partial charge is 0.316 e. The van der Waals surface area contributed by atoms with E-state index >= 15 is 0 Å². The van der Waals surface area contributed by atoms with E-state index in [1.807, 2.05) is 43.4 Å². The molecule has 1 unspecified atom stereocenters. The second-order valence-corrected chi connectivity index (χ2v) is 6.98. The molecule has 0 saturated heterocycles. The molecule has 2 rings (SSSR count). The minimum atomic E-state index is 0.310. The minimum absolute atomic E-state index is 0.310. The molecule has 0 amide bonds. The van der Waals surface area contributed by atoms with Crippen LogP contribution in [0, 0.1) is 0 Å². The Morgan fingerprint density at radius 2 is 1.81 bits per heavy atom. The van der Waals surface area contributed by atoms with Gasteiger partial charge in [-0.25, -0.2) is 0 Å². The summed E-state index contributed by atoms with van der Waals surface area (Å²) in [5, 5.41) is 5.50. The molecule has 1 N–H and O–H groups in total. The van der Waals surface area contributed by atoms with E-state index in [1.54, 1.807) is 17.8 Å². The molecule has 21 heavy (non-hydrogen) atoms. The van der Waals surface area contributed by atoms with Gasteiger partial charge in [0.05, 0.1) is 5.02 Å². The van der Waals surface area contributed by atoms with Gasteiger partial charge >= 0.3 is 0 Å². The Kier molecular flexibility index (Phi) is 6.72. The first-order chi connectivity index (χ1) is 10.1. The highest BCUT2D eigenvalue weighted by Gasteiger charge is 2.11. The summed E-state index contributed by atoms with van der Waals surface area (Å²) < 4.78 is 0. The fourth-order valence-electron chi connectivity index (χ4n) is 1.95. The van der Waals surface area contributed by atoms with Crippen molar-refractivity contribution < 1.29 is 0 Å². The number of thioether (sulfide) groups is 1.